The predicted octanol–water partition coefficient (Wildman–Crippen LogP) is 0.543. The summed E-state index contributed by atoms with van der Waals surface area (Å²) in [5.74, 6) is -0.948. The van der Waals surface area contributed by atoms with Gasteiger partial charge < -0.3 is 14.5 Å². The zero-order chi connectivity index (χ0) is 17.5. The summed E-state index contributed by atoms with van der Waals surface area (Å²) in [4.78, 5) is 27.4. The summed E-state index contributed by atoms with van der Waals surface area (Å²) in [6, 6.07) is 4.94. The molecule has 1 amide bonds. The van der Waals surface area contributed by atoms with Crippen LogP contribution in [-0.2, 0) is 19.6 Å². The summed E-state index contributed by atoms with van der Waals surface area (Å²) in [5, 5.41) is 0.393. The number of benzene rings is 1. The number of esters is 1. The summed E-state index contributed by atoms with van der Waals surface area (Å²) in [6.45, 7) is 0.00936. The molecule has 0 atom stereocenters. The molecule has 0 N–H and O–H groups in total. The Morgan fingerprint density at radius 2 is 2.12 bits per heavy atom. The molecule has 2 aliphatic rings. The normalized spacial score (nSPS) is 17.6. The van der Waals surface area contributed by atoms with E-state index in [1.54, 1.807) is 32.3 Å². The molecule has 128 valence electrons. The third kappa shape index (κ3) is 3.24. The molecule has 8 nitrogen and oxygen atoms in total. The van der Waals surface area contributed by atoms with Crippen molar-refractivity contribution >= 4 is 44.5 Å². The van der Waals surface area contributed by atoms with E-state index >= 15 is 0 Å². The van der Waals surface area contributed by atoms with Gasteiger partial charge in [0.1, 0.15) is 0 Å². The quantitative estimate of drug-likeness (QED) is 0.718. The highest BCUT2D eigenvalue weighted by atomic mass is 32.2. The van der Waals surface area contributed by atoms with Gasteiger partial charge in [0, 0.05) is 25.5 Å². The van der Waals surface area contributed by atoms with Crippen LogP contribution < -0.4 is 4.90 Å². The molecule has 0 saturated heterocycles. The smallest absolute Gasteiger partial charge is 0.338 e. The lowest BCUT2D eigenvalue weighted by Crippen LogP contribution is -2.35. The molecule has 0 aromatic heterocycles. The van der Waals surface area contributed by atoms with Gasteiger partial charge >= 0.3 is 5.97 Å². The number of sulfonamides is 1. The fraction of sp³-hybridized carbons (Fsp3) is 0.357. The molecular formula is C14H15N3O5S2. The second kappa shape index (κ2) is 6.10. The highest BCUT2D eigenvalue weighted by Gasteiger charge is 2.33. The van der Waals surface area contributed by atoms with Crippen molar-refractivity contribution < 1.29 is 22.7 Å². The number of thioether (sulfide) groups is 1. The molecule has 2 heterocycles. The van der Waals surface area contributed by atoms with Gasteiger partial charge in [-0.25, -0.2) is 13.2 Å². The third-order valence-electron chi connectivity index (χ3n) is 3.53. The first-order valence-corrected chi connectivity index (χ1v) is 9.49. The predicted molar refractivity (Wildman–Crippen MR) is 89.8 cm³/mol. The average molecular weight is 369 g/mol. The topological polar surface area (TPSA) is 96.3 Å². The molecule has 0 bridgehead atoms. The van der Waals surface area contributed by atoms with E-state index in [0.29, 0.717) is 17.3 Å². The maximum Gasteiger partial charge on any atom is 0.338 e. The minimum absolute atomic E-state index is 0.0348. The van der Waals surface area contributed by atoms with E-state index in [-0.39, 0.29) is 18.3 Å². The van der Waals surface area contributed by atoms with Crippen LogP contribution in [0.2, 0.25) is 0 Å². The minimum atomic E-state index is -3.42. The molecule has 3 rings (SSSR count). The van der Waals surface area contributed by atoms with E-state index < -0.39 is 16.0 Å². The lowest BCUT2D eigenvalue weighted by Gasteiger charge is -2.22. The summed E-state index contributed by atoms with van der Waals surface area (Å²) >= 11 is 1.20. The molecule has 1 aromatic rings. The number of amidine groups is 1. The summed E-state index contributed by atoms with van der Waals surface area (Å²) < 4.78 is 31.9. The number of ether oxygens (including phenoxy) is 1. The molecule has 24 heavy (non-hydrogen) atoms. The molecular weight excluding hydrogens is 354 g/mol. The molecule has 0 radical (unpaired) electrons. The van der Waals surface area contributed by atoms with Crippen LogP contribution in [0.4, 0.5) is 5.69 Å². The van der Waals surface area contributed by atoms with E-state index in [2.05, 4.69) is 4.40 Å². The number of amides is 1. The molecule has 0 unspecified atom stereocenters. The third-order valence-corrected chi connectivity index (χ3v) is 5.84. The van der Waals surface area contributed by atoms with E-state index in [1.807, 2.05) is 4.90 Å². The minimum Gasteiger partial charge on any atom is -0.452 e. The largest absolute Gasteiger partial charge is 0.452 e. The Morgan fingerprint density at radius 3 is 2.83 bits per heavy atom. The Labute approximate surface area is 143 Å². The highest BCUT2D eigenvalue weighted by Crippen LogP contribution is 2.42. The van der Waals surface area contributed by atoms with Gasteiger partial charge in [-0.15, -0.1) is 4.40 Å². The fourth-order valence-corrected chi connectivity index (χ4v) is 4.49. The van der Waals surface area contributed by atoms with Crippen LogP contribution in [0.1, 0.15) is 10.4 Å². The van der Waals surface area contributed by atoms with Crippen molar-refractivity contribution in [2.45, 2.75) is 4.90 Å². The first kappa shape index (κ1) is 16.8. The van der Waals surface area contributed by atoms with E-state index in [0.717, 1.165) is 10.6 Å². The Morgan fingerprint density at radius 1 is 1.38 bits per heavy atom. The lowest BCUT2D eigenvalue weighted by molar-refractivity contribution is -0.131. The first-order valence-electron chi connectivity index (χ1n) is 7.06. The number of fused-ring (bicyclic) bond motifs is 3. The monoisotopic (exact) mass is 369 g/mol. The number of hydrogen-bond donors (Lipinski definition) is 0. The van der Waals surface area contributed by atoms with Gasteiger partial charge in [-0.05, 0) is 30.0 Å². The van der Waals surface area contributed by atoms with Crippen LogP contribution in [0.5, 0.6) is 0 Å². The van der Waals surface area contributed by atoms with Crippen LogP contribution in [0.15, 0.2) is 27.5 Å². The number of carbonyl (C=O) groups excluding carboxylic acids is 2. The molecule has 0 fully saturated rings. The van der Waals surface area contributed by atoms with Crippen LogP contribution >= 0.6 is 11.8 Å². The van der Waals surface area contributed by atoms with Crippen molar-refractivity contribution in [3.8, 4) is 0 Å². The number of nitrogens with zero attached hydrogens (tertiary/aromatic N) is 3. The van der Waals surface area contributed by atoms with Gasteiger partial charge in [0.15, 0.2) is 11.8 Å². The van der Waals surface area contributed by atoms with Gasteiger partial charge in [0.2, 0.25) is 0 Å². The van der Waals surface area contributed by atoms with Crippen molar-refractivity contribution in [2.24, 2.45) is 4.40 Å². The number of hydrogen-bond acceptors (Lipinski definition) is 7. The molecule has 10 heteroatoms. The lowest BCUT2D eigenvalue weighted by atomic mass is 10.2. The summed E-state index contributed by atoms with van der Waals surface area (Å²) in [5.41, 5.74) is 1.12. The van der Waals surface area contributed by atoms with E-state index in [9.17, 15) is 18.0 Å². The fourth-order valence-electron chi connectivity index (χ4n) is 2.20. The van der Waals surface area contributed by atoms with Gasteiger partial charge in [0.05, 0.1) is 17.0 Å². The van der Waals surface area contributed by atoms with Crippen LogP contribution in [0.3, 0.4) is 0 Å². The molecule has 2 aliphatic heterocycles. The van der Waals surface area contributed by atoms with Crippen molar-refractivity contribution in [3.63, 3.8) is 0 Å². The first-order chi connectivity index (χ1) is 11.3. The number of anilines is 1. The van der Waals surface area contributed by atoms with Gasteiger partial charge in [-0.1, -0.05) is 0 Å². The SMILES string of the molecule is CN(C)C(=O)COC(=O)c1ccc2c(c1)SC1=NS(=O)(=O)CCN12. The van der Waals surface area contributed by atoms with Crippen molar-refractivity contribution in [1.82, 2.24) is 4.90 Å². The average Bonchev–Trinajstić information content (AvgIpc) is 2.86. The van der Waals surface area contributed by atoms with Gasteiger partial charge in [-0.2, -0.15) is 0 Å². The summed E-state index contributed by atoms with van der Waals surface area (Å²) in [7, 11) is -0.263. The second-order valence-electron chi connectivity index (χ2n) is 5.46. The maximum absolute atomic E-state index is 12.0. The van der Waals surface area contributed by atoms with Crippen molar-refractivity contribution in [3.05, 3.63) is 23.8 Å². The molecule has 0 spiro atoms. The van der Waals surface area contributed by atoms with Crippen LogP contribution in [-0.4, -0.2) is 63.4 Å². The number of likely N-dealkylation sites (N-methyl/N-ethyl adjacent to an activating group) is 1. The zero-order valence-electron chi connectivity index (χ0n) is 13.1. The van der Waals surface area contributed by atoms with Crippen LogP contribution in [0, 0.1) is 0 Å². The molecule has 0 aliphatic carbocycles. The highest BCUT2D eigenvalue weighted by molar-refractivity contribution is 8.15. The Hall–Kier alpha value is -2.07. The van der Waals surface area contributed by atoms with Crippen molar-refractivity contribution in [2.75, 3.05) is 37.9 Å². The summed E-state index contributed by atoms with van der Waals surface area (Å²) in [6.07, 6.45) is 0. The molecule has 0 saturated carbocycles. The zero-order valence-corrected chi connectivity index (χ0v) is 14.7. The second-order valence-corrected chi connectivity index (χ2v) is 8.22. The Kier molecular flexibility index (Phi) is 4.26. The Bertz CT molecular complexity index is 848. The van der Waals surface area contributed by atoms with Gasteiger partial charge in [-0.3, -0.25) is 4.79 Å². The van der Waals surface area contributed by atoms with Crippen molar-refractivity contribution in [1.29, 1.82) is 0 Å². The van der Waals surface area contributed by atoms with Gasteiger partial charge in [0.25, 0.3) is 15.9 Å². The number of carbonyl (C=O) groups is 2. The Balaban J connectivity index is 1.77. The number of rotatable bonds is 3. The van der Waals surface area contributed by atoms with Crippen LogP contribution in [0.25, 0.3) is 0 Å². The molecule has 1 aromatic carbocycles. The van der Waals surface area contributed by atoms with E-state index in [1.165, 1.54) is 16.7 Å². The van der Waals surface area contributed by atoms with E-state index in [4.69, 9.17) is 4.74 Å². The maximum atomic E-state index is 12.0. The standard InChI is InChI=1S/C14H15N3O5S2/c1-16(2)12(18)8-22-13(19)9-3-4-10-11(7-9)23-14-15-24(20,21)6-5-17(10)14/h3-4,7H,5-6,8H2,1-2H3.